The second kappa shape index (κ2) is 8.87. The normalized spacial score (nSPS) is 11.6. The van der Waals surface area contributed by atoms with Gasteiger partial charge in [0.15, 0.2) is 5.60 Å². The summed E-state index contributed by atoms with van der Waals surface area (Å²) in [6.07, 6.45) is 1.28. The molecule has 1 amide bonds. The lowest BCUT2D eigenvalue weighted by Gasteiger charge is -2.27. The van der Waals surface area contributed by atoms with Gasteiger partial charge in [0.05, 0.1) is 17.5 Å². The van der Waals surface area contributed by atoms with Crippen molar-refractivity contribution in [3.63, 3.8) is 0 Å². The quantitative estimate of drug-likeness (QED) is 0.327. The second-order valence-corrected chi connectivity index (χ2v) is 7.27. The molecule has 0 aliphatic carbocycles. The van der Waals surface area contributed by atoms with Crippen LogP contribution in [-0.4, -0.2) is 27.0 Å². The molecule has 0 aliphatic heterocycles. The zero-order chi connectivity index (χ0) is 22.6. The molecule has 0 radical (unpaired) electrons. The molecule has 0 saturated carbocycles. The molecule has 0 fully saturated rings. The lowest BCUT2D eigenvalue weighted by atomic mass is 9.85. The van der Waals surface area contributed by atoms with Crippen LogP contribution >= 0.6 is 0 Å². The van der Waals surface area contributed by atoms with Gasteiger partial charge < -0.3 is 5.11 Å². The number of nitrogens with one attached hydrogen (secondary N) is 2. The number of aryl methyl sites for hydroxylation is 1. The molecule has 7 nitrogen and oxygen atoms in total. The number of rotatable bonds is 6. The molecular weight excluding hydrogens is 404 g/mol. The van der Waals surface area contributed by atoms with Gasteiger partial charge in [0.2, 0.25) is 0 Å². The van der Waals surface area contributed by atoms with Crippen molar-refractivity contribution in [2.24, 2.45) is 5.10 Å². The molecule has 32 heavy (non-hydrogen) atoms. The molecule has 0 bridgehead atoms. The Morgan fingerprint density at radius 2 is 1.44 bits per heavy atom. The average Bonchev–Trinajstić information content (AvgIpc) is 3.13. The summed E-state index contributed by atoms with van der Waals surface area (Å²) in [4.78, 5) is 25.9. The highest BCUT2D eigenvalue weighted by atomic mass is 16.3. The summed E-state index contributed by atoms with van der Waals surface area (Å²) < 4.78 is 1.41. The van der Waals surface area contributed by atoms with Crippen LogP contribution < -0.4 is 11.0 Å². The Hall–Kier alpha value is -4.23. The van der Waals surface area contributed by atoms with E-state index in [1.54, 1.807) is 79.7 Å². The fourth-order valence-corrected chi connectivity index (χ4v) is 3.49. The molecule has 1 aromatic heterocycles. The molecule has 7 heteroatoms. The summed E-state index contributed by atoms with van der Waals surface area (Å²) >= 11 is 0. The Balaban J connectivity index is 1.62. The standard InChI is InChI=1S/C25H22N4O3/c1-18-22(23(30)29(28-18)21-15-9-4-10-16-21)17-26-27-24(31)25(32,19-11-5-2-6-12-19)20-13-7-3-8-14-20/h2-17,28,32H,1H3,(H,27,31)/b26-17+. The van der Waals surface area contributed by atoms with Crippen molar-refractivity contribution in [1.82, 2.24) is 15.2 Å². The predicted octanol–water partition coefficient (Wildman–Crippen LogP) is 2.86. The van der Waals surface area contributed by atoms with E-state index in [9.17, 15) is 14.7 Å². The van der Waals surface area contributed by atoms with Crippen LogP contribution in [0.2, 0.25) is 0 Å². The highest BCUT2D eigenvalue weighted by Gasteiger charge is 2.39. The van der Waals surface area contributed by atoms with E-state index in [1.807, 2.05) is 18.2 Å². The number of aromatic nitrogens is 2. The first-order valence-electron chi connectivity index (χ1n) is 10.1. The van der Waals surface area contributed by atoms with Crippen molar-refractivity contribution in [3.8, 4) is 5.69 Å². The summed E-state index contributed by atoms with van der Waals surface area (Å²) in [7, 11) is 0. The first-order chi connectivity index (χ1) is 15.5. The van der Waals surface area contributed by atoms with Crippen LogP contribution in [0.15, 0.2) is 101 Å². The second-order valence-electron chi connectivity index (χ2n) is 7.27. The van der Waals surface area contributed by atoms with E-state index in [4.69, 9.17) is 0 Å². The van der Waals surface area contributed by atoms with Gasteiger partial charge in [-0.05, 0) is 30.2 Å². The first kappa shape index (κ1) is 21.0. The van der Waals surface area contributed by atoms with Crippen LogP contribution in [0.25, 0.3) is 5.69 Å². The van der Waals surface area contributed by atoms with Crippen molar-refractivity contribution < 1.29 is 9.90 Å². The topological polar surface area (TPSA) is 99.5 Å². The van der Waals surface area contributed by atoms with E-state index in [-0.39, 0.29) is 5.56 Å². The maximum Gasteiger partial charge on any atom is 0.281 e. The number of aliphatic hydroxyl groups is 1. The number of H-pyrrole nitrogens is 1. The highest BCUT2D eigenvalue weighted by Crippen LogP contribution is 2.29. The Bertz CT molecular complexity index is 1250. The first-order valence-corrected chi connectivity index (χ1v) is 10.1. The zero-order valence-electron chi connectivity index (χ0n) is 17.4. The van der Waals surface area contributed by atoms with Crippen molar-refractivity contribution in [1.29, 1.82) is 0 Å². The number of aromatic amines is 1. The summed E-state index contributed by atoms with van der Waals surface area (Å²) in [5.74, 6) is -0.734. The van der Waals surface area contributed by atoms with E-state index in [0.717, 1.165) is 0 Å². The average molecular weight is 426 g/mol. The number of hydrogen-bond acceptors (Lipinski definition) is 4. The van der Waals surface area contributed by atoms with Gasteiger partial charge in [-0.15, -0.1) is 0 Å². The van der Waals surface area contributed by atoms with E-state index in [0.29, 0.717) is 28.1 Å². The molecule has 0 unspecified atom stereocenters. The predicted molar refractivity (Wildman–Crippen MR) is 123 cm³/mol. The fraction of sp³-hybridized carbons (Fsp3) is 0.0800. The number of hydrazone groups is 1. The van der Waals surface area contributed by atoms with Gasteiger partial charge in [0.25, 0.3) is 11.5 Å². The van der Waals surface area contributed by atoms with Crippen LogP contribution in [-0.2, 0) is 10.4 Å². The van der Waals surface area contributed by atoms with Crippen LogP contribution in [0.5, 0.6) is 0 Å². The van der Waals surface area contributed by atoms with Gasteiger partial charge in [-0.1, -0.05) is 78.9 Å². The number of amides is 1. The number of para-hydroxylation sites is 1. The number of carbonyl (C=O) groups excluding carboxylic acids is 1. The lowest BCUT2D eigenvalue weighted by Crippen LogP contribution is -2.43. The van der Waals surface area contributed by atoms with Crippen molar-refractivity contribution in [2.75, 3.05) is 0 Å². The van der Waals surface area contributed by atoms with Gasteiger partial charge in [-0.2, -0.15) is 5.10 Å². The Labute approximate surface area is 184 Å². The molecule has 4 rings (SSSR count). The zero-order valence-corrected chi connectivity index (χ0v) is 17.4. The van der Waals surface area contributed by atoms with E-state index < -0.39 is 11.5 Å². The molecule has 3 N–H and O–H groups in total. The van der Waals surface area contributed by atoms with E-state index in [2.05, 4.69) is 15.6 Å². The fourth-order valence-electron chi connectivity index (χ4n) is 3.49. The van der Waals surface area contributed by atoms with Crippen LogP contribution in [0.3, 0.4) is 0 Å². The minimum atomic E-state index is -1.95. The maximum atomic E-state index is 13.1. The van der Waals surface area contributed by atoms with Crippen molar-refractivity contribution in [2.45, 2.75) is 12.5 Å². The third kappa shape index (κ3) is 3.89. The van der Waals surface area contributed by atoms with Gasteiger partial charge in [0.1, 0.15) is 0 Å². The molecule has 160 valence electrons. The Morgan fingerprint density at radius 3 is 1.97 bits per heavy atom. The third-order valence-corrected chi connectivity index (χ3v) is 5.20. The lowest BCUT2D eigenvalue weighted by molar-refractivity contribution is -0.136. The molecule has 0 saturated heterocycles. The smallest absolute Gasteiger partial charge is 0.281 e. The molecule has 0 aliphatic rings. The summed E-state index contributed by atoms with van der Waals surface area (Å²) in [6, 6.07) is 26.4. The number of benzene rings is 3. The van der Waals surface area contributed by atoms with E-state index in [1.165, 1.54) is 10.9 Å². The van der Waals surface area contributed by atoms with Gasteiger partial charge in [-0.25, -0.2) is 10.1 Å². The van der Waals surface area contributed by atoms with Crippen molar-refractivity contribution in [3.05, 3.63) is 124 Å². The van der Waals surface area contributed by atoms with Gasteiger partial charge in [-0.3, -0.25) is 14.7 Å². The number of hydrogen-bond donors (Lipinski definition) is 3. The SMILES string of the molecule is Cc1[nH]n(-c2ccccc2)c(=O)c1/C=N/NC(=O)C(O)(c1ccccc1)c1ccccc1. The van der Waals surface area contributed by atoms with Gasteiger partial charge >= 0.3 is 0 Å². The molecule has 0 spiro atoms. The van der Waals surface area contributed by atoms with Crippen LogP contribution in [0, 0.1) is 6.92 Å². The van der Waals surface area contributed by atoms with Crippen LogP contribution in [0.1, 0.15) is 22.4 Å². The monoisotopic (exact) mass is 426 g/mol. The molecule has 3 aromatic carbocycles. The summed E-state index contributed by atoms with van der Waals surface area (Å²) in [5.41, 5.74) is 2.54. The van der Waals surface area contributed by atoms with E-state index >= 15 is 0 Å². The Kier molecular flexibility index (Phi) is 5.83. The minimum Gasteiger partial charge on any atom is -0.372 e. The summed E-state index contributed by atoms with van der Waals surface area (Å²) in [5, 5.41) is 18.4. The minimum absolute atomic E-state index is 0.298. The largest absolute Gasteiger partial charge is 0.372 e. The molecule has 1 heterocycles. The number of carbonyl (C=O) groups is 1. The van der Waals surface area contributed by atoms with Crippen LogP contribution in [0.4, 0.5) is 0 Å². The molecule has 4 aromatic rings. The third-order valence-electron chi connectivity index (χ3n) is 5.20. The highest BCUT2D eigenvalue weighted by molar-refractivity contribution is 5.91. The number of nitrogens with zero attached hydrogens (tertiary/aromatic N) is 2. The molecular formula is C25H22N4O3. The van der Waals surface area contributed by atoms with Gasteiger partial charge in [0, 0.05) is 5.69 Å². The Morgan fingerprint density at radius 1 is 0.938 bits per heavy atom. The maximum absolute atomic E-state index is 13.1. The van der Waals surface area contributed by atoms with Crippen molar-refractivity contribution >= 4 is 12.1 Å². The summed E-state index contributed by atoms with van der Waals surface area (Å²) in [6.45, 7) is 1.74. The molecule has 0 atom stereocenters.